The third kappa shape index (κ3) is 7.30. The largest absolute Gasteiger partial charge is 0.480 e. The molecule has 0 saturated carbocycles. The number of carboxylic acid groups (broad SMARTS) is 1. The van der Waals surface area contributed by atoms with E-state index in [-0.39, 0.29) is 19.0 Å². The zero-order chi connectivity index (χ0) is 12.3. The highest BCUT2D eigenvalue weighted by Gasteiger charge is 2.29. The summed E-state index contributed by atoms with van der Waals surface area (Å²) in [6.07, 6.45) is -0.680. The van der Waals surface area contributed by atoms with E-state index in [2.05, 4.69) is 5.32 Å². The molecule has 16 heavy (non-hydrogen) atoms. The van der Waals surface area contributed by atoms with Crippen molar-refractivity contribution in [3.8, 4) is 0 Å². The number of rotatable bonds is 3. The van der Waals surface area contributed by atoms with Crippen molar-refractivity contribution in [2.24, 2.45) is 5.73 Å². The lowest BCUT2D eigenvalue weighted by molar-refractivity contribution is -0.142. The fraction of sp³-hybridized carbons (Fsp3) is 0.778. The number of hydrogen-bond acceptors (Lipinski definition) is 4. The molecule has 0 saturated heterocycles. The Morgan fingerprint density at radius 2 is 1.75 bits per heavy atom. The molecule has 0 spiro atoms. The van der Waals surface area contributed by atoms with E-state index >= 15 is 0 Å². The van der Waals surface area contributed by atoms with Crippen LogP contribution in [-0.4, -0.2) is 34.9 Å². The predicted molar refractivity (Wildman–Crippen MR) is 61.7 cm³/mol. The van der Waals surface area contributed by atoms with Gasteiger partial charge >= 0.3 is 12.1 Å². The Kier molecular flexibility index (Phi) is 6.42. The van der Waals surface area contributed by atoms with E-state index in [1.54, 1.807) is 20.8 Å². The highest BCUT2D eigenvalue weighted by molar-refractivity contribution is 5.85. The highest BCUT2D eigenvalue weighted by atomic mass is 35.5. The fourth-order valence-electron chi connectivity index (χ4n) is 0.646. The molecule has 7 heteroatoms. The fourth-order valence-corrected chi connectivity index (χ4v) is 0.646. The van der Waals surface area contributed by atoms with Gasteiger partial charge in [0.15, 0.2) is 0 Å². The first-order valence-electron chi connectivity index (χ1n) is 4.54. The summed E-state index contributed by atoms with van der Waals surface area (Å²) in [7, 11) is 0. The molecule has 0 heterocycles. The Labute approximate surface area is 101 Å². The van der Waals surface area contributed by atoms with Gasteiger partial charge in [0.25, 0.3) is 0 Å². The lowest BCUT2D eigenvalue weighted by atomic mass is 10.1. The summed E-state index contributed by atoms with van der Waals surface area (Å²) in [5.74, 6) is -1.18. The number of halogens is 1. The molecule has 96 valence electrons. The number of carbonyl (C=O) groups excluding carboxylic acids is 1. The summed E-state index contributed by atoms with van der Waals surface area (Å²) >= 11 is 0. The van der Waals surface area contributed by atoms with Gasteiger partial charge in [-0.2, -0.15) is 0 Å². The second-order valence-corrected chi connectivity index (χ2v) is 4.58. The van der Waals surface area contributed by atoms with E-state index in [1.165, 1.54) is 6.92 Å². The third-order valence-electron chi connectivity index (χ3n) is 1.49. The lowest BCUT2D eigenvalue weighted by Crippen LogP contribution is -2.54. The van der Waals surface area contributed by atoms with Gasteiger partial charge in [-0.3, -0.25) is 4.79 Å². The number of carbonyl (C=O) groups is 2. The number of hydrogen-bond donors (Lipinski definition) is 3. The van der Waals surface area contributed by atoms with E-state index in [4.69, 9.17) is 15.6 Å². The molecule has 4 N–H and O–H groups in total. The monoisotopic (exact) mass is 254 g/mol. The summed E-state index contributed by atoms with van der Waals surface area (Å²) in [5, 5.41) is 11.0. The quantitative estimate of drug-likeness (QED) is 0.689. The first-order valence-corrected chi connectivity index (χ1v) is 4.54. The van der Waals surface area contributed by atoms with Gasteiger partial charge < -0.3 is 20.9 Å². The van der Waals surface area contributed by atoms with Gasteiger partial charge in [-0.25, -0.2) is 4.79 Å². The molecular formula is C9H19ClN2O4. The van der Waals surface area contributed by atoms with Crippen LogP contribution >= 0.6 is 12.4 Å². The van der Waals surface area contributed by atoms with Crippen molar-refractivity contribution in [1.82, 2.24) is 5.32 Å². The van der Waals surface area contributed by atoms with Crippen molar-refractivity contribution in [3.63, 3.8) is 0 Å². The summed E-state index contributed by atoms with van der Waals surface area (Å²) < 4.78 is 4.91. The Hall–Kier alpha value is -1.01. The molecule has 0 aliphatic heterocycles. The minimum absolute atomic E-state index is 0. The summed E-state index contributed by atoms with van der Waals surface area (Å²) in [6.45, 7) is 6.27. The minimum atomic E-state index is -1.49. The van der Waals surface area contributed by atoms with Gasteiger partial charge in [0.2, 0.25) is 0 Å². The van der Waals surface area contributed by atoms with E-state index in [0.29, 0.717) is 0 Å². The summed E-state index contributed by atoms with van der Waals surface area (Å²) in [6, 6.07) is 0. The number of nitrogens with two attached hydrogens (primary N) is 1. The molecule has 0 aromatic heterocycles. The maximum atomic E-state index is 11.1. The Balaban J connectivity index is 0. The zero-order valence-corrected chi connectivity index (χ0v) is 10.7. The van der Waals surface area contributed by atoms with Gasteiger partial charge in [0.05, 0.1) is 0 Å². The van der Waals surface area contributed by atoms with Crippen molar-refractivity contribution in [3.05, 3.63) is 0 Å². The smallest absolute Gasteiger partial charge is 0.407 e. The number of aliphatic carboxylic acids is 1. The van der Waals surface area contributed by atoms with Crippen LogP contribution in [0.1, 0.15) is 27.7 Å². The Morgan fingerprint density at radius 1 is 1.31 bits per heavy atom. The molecule has 0 rings (SSSR count). The van der Waals surface area contributed by atoms with Gasteiger partial charge in [-0.15, -0.1) is 12.4 Å². The number of nitrogens with one attached hydrogen (secondary N) is 1. The van der Waals surface area contributed by atoms with Crippen molar-refractivity contribution in [2.45, 2.75) is 38.8 Å². The van der Waals surface area contributed by atoms with Crippen LogP contribution in [0.2, 0.25) is 0 Å². The van der Waals surface area contributed by atoms with Gasteiger partial charge in [-0.05, 0) is 27.7 Å². The lowest BCUT2D eigenvalue weighted by Gasteiger charge is -2.23. The zero-order valence-electron chi connectivity index (χ0n) is 9.86. The van der Waals surface area contributed by atoms with Crippen molar-refractivity contribution < 1.29 is 19.4 Å². The topological polar surface area (TPSA) is 102 Å². The average molecular weight is 255 g/mol. The van der Waals surface area contributed by atoms with Crippen molar-refractivity contribution >= 4 is 24.5 Å². The molecule has 1 atom stereocenters. The van der Waals surface area contributed by atoms with Crippen molar-refractivity contribution in [2.75, 3.05) is 6.54 Å². The van der Waals surface area contributed by atoms with Crippen LogP contribution in [0.5, 0.6) is 0 Å². The molecule has 0 aromatic rings. The van der Waals surface area contributed by atoms with Crippen LogP contribution in [0.3, 0.4) is 0 Å². The Bertz CT molecular complexity index is 261. The molecule has 1 amide bonds. The van der Waals surface area contributed by atoms with E-state index < -0.39 is 23.2 Å². The molecule has 0 aromatic carbocycles. The first-order chi connectivity index (χ1) is 6.54. The number of carboxylic acids is 1. The standard InChI is InChI=1S/C9H18N2O4.ClH/c1-8(2,3)15-7(14)11-5-9(4,10)6(12)13;/h5,10H2,1-4H3,(H,11,14)(H,12,13);1H/t9-;/m0./s1. The van der Waals surface area contributed by atoms with Gasteiger partial charge in [0, 0.05) is 6.54 Å². The predicted octanol–water partition coefficient (Wildman–Crippen LogP) is 0.735. The third-order valence-corrected chi connectivity index (χ3v) is 1.49. The molecule has 0 radical (unpaired) electrons. The van der Waals surface area contributed by atoms with E-state index in [9.17, 15) is 9.59 Å². The van der Waals surface area contributed by atoms with E-state index in [0.717, 1.165) is 0 Å². The van der Waals surface area contributed by atoms with Gasteiger partial charge in [-0.1, -0.05) is 0 Å². The van der Waals surface area contributed by atoms with Crippen LogP contribution in [0.25, 0.3) is 0 Å². The second-order valence-electron chi connectivity index (χ2n) is 4.58. The number of alkyl carbamates (subject to hydrolysis) is 1. The van der Waals surface area contributed by atoms with Crippen LogP contribution in [-0.2, 0) is 9.53 Å². The molecule has 0 fully saturated rings. The van der Waals surface area contributed by atoms with Crippen molar-refractivity contribution in [1.29, 1.82) is 0 Å². The van der Waals surface area contributed by atoms with Crippen LogP contribution in [0.4, 0.5) is 4.79 Å². The Morgan fingerprint density at radius 3 is 2.06 bits per heavy atom. The first kappa shape index (κ1) is 17.4. The molecule has 0 bridgehead atoms. The van der Waals surface area contributed by atoms with Gasteiger partial charge in [0.1, 0.15) is 11.1 Å². The highest BCUT2D eigenvalue weighted by Crippen LogP contribution is 2.06. The maximum Gasteiger partial charge on any atom is 0.407 e. The normalized spacial score (nSPS) is 14.3. The molecule has 0 aliphatic rings. The van der Waals surface area contributed by atoms with Crippen LogP contribution in [0, 0.1) is 0 Å². The summed E-state index contributed by atoms with van der Waals surface area (Å²) in [4.78, 5) is 21.7. The SMILES string of the molecule is CC(C)(C)OC(=O)NC[C@](C)(N)C(=O)O.Cl. The second kappa shape index (κ2) is 5.91. The minimum Gasteiger partial charge on any atom is -0.480 e. The molecule has 0 aliphatic carbocycles. The summed E-state index contributed by atoms with van der Waals surface area (Å²) in [5.41, 5.74) is 3.30. The number of ether oxygens (including phenoxy) is 1. The number of amides is 1. The van der Waals surface area contributed by atoms with E-state index in [1.807, 2.05) is 0 Å². The molecule has 6 nitrogen and oxygen atoms in total. The van der Waals surface area contributed by atoms with Crippen LogP contribution in [0.15, 0.2) is 0 Å². The van der Waals surface area contributed by atoms with Crippen LogP contribution < -0.4 is 11.1 Å². The molecule has 0 unspecified atom stereocenters. The average Bonchev–Trinajstić information content (AvgIpc) is 1.97. The molecular weight excluding hydrogens is 236 g/mol. The maximum absolute atomic E-state index is 11.1.